The van der Waals surface area contributed by atoms with Crippen molar-refractivity contribution < 1.29 is 40.2 Å². The molecule has 0 radical (unpaired) electrons. The van der Waals surface area contributed by atoms with Crippen molar-refractivity contribution in [2.24, 2.45) is 0 Å². The zero-order valence-electron chi connectivity index (χ0n) is 19.9. The molecule has 4 rings (SSSR count). The van der Waals surface area contributed by atoms with E-state index >= 15 is 0 Å². The molecule has 0 aliphatic heterocycles. The van der Waals surface area contributed by atoms with Crippen LogP contribution in [0.5, 0.6) is 5.75 Å². The smallest absolute Gasteiger partial charge is 0.419 e. The van der Waals surface area contributed by atoms with Gasteiger partial charge in [-0.3, -0.25) is 10.3 Å². The minimum absolute atomic E-state index is 0.0348. The van der Waals surface area contributed by atoms with E-state index in [4.69, 9.17) is 0 Å². The van der Waals surface area contributed by atoms with Crippen LogP contribution < -0.4 is 5.32 Å². The summed E-state index contributed by atoms with van der Waals surface area (Å²) in [6.07, 6.45) is -8.96. The van der Waals surface area contributed by atoms with E-state index in [2.05, 4.69) is 10.3 Å². The molecule has 3 aromatic carbocycles. The maximum absolute atomic E-state index is 14.6. The molecule has 0 amide bonds. The van der Waals surface area contributed by atoms with E-state index in [1.54, 1.807) is 30.3 Å². The minimum atomic E-state index is -4.98. The second-order valence-electron chi connectivity index (χ2n) is 8.86. The number of aromatic hydroxyl groups is 1. The van der Waals surface area contributed by atoms with Crippen molar-refractivity contribution in [1.29, 1.82) is 0 Å². The van der Waals surface area contributed by atoms with Crippen LogP contribution in [0.2, 0.25) is 0 Å². The minimum Gasteiger partial charge on any atom is -0.506 e. The first-order valence-corrected chi connectivity index (χ1v) is 11.5. The second kappa shape index (κ2) is 10.6. The molecule has 1 heterocycles. The van der Waals surface area contributed by atoms with E-state index in [9.17, 15) is 40.2 Å². The number of rotatable bonds is 7. The number of benzene rings is 3. The first-order chi connectivity index (χ1) is 18.3. The molecule has 11 heteroatoms. The van der Waals surface area contributed by atoms with Crippen molar-refractivity contribution in [2.45, 2.75) is 30.9 Å². The number of halogens is 8. The molecule has 0 fully saturated rings. The van der Waals surface area contributed by atoms with Crippen LogP contribution in [0.25, 0.3) is 0 Å². The van der Waals surface area contributed by atoms with Gasteiger partial charge >= 0.3 is 12.4 Å². The van der Waals surface area contributed by atoms with Gasteiger partial charge in [0.1, 0.15) is 17.4 Å². The van der Waals surface area contributed by atoms with Gasteiger partial charge in [0.2, 0.25) is 0 Å². The lowest BCUT2D eigenvalue weighted by Gasteiger charge is -2.36. The second-order valence-corrected chi connectivity index (χ2v) is 8.86. The Balaban J connectivity index is 1.92. The lowest BCUT2D eigenvalue weighted by atomic mass is 9.79. The Kier molecular flexibility index (Phi) is 7.65. The van der Waals surface area contributed by atoms with Crippen LogP contribution >= 0.6 is 0 Å². The highest BCUT2D eigenvalue weighted by atomic mass is 19.4. The Morgan fingerprint density at radius 3 is 2.03 bits per heavy atom. The molecule has 0 spiro atoms. The highest BCUT2D eigenvalue weighted by molar-refractivity contribution is 5.42. The van der Waals surface area contributed by atoms with Crippen LogP contribution in [0.15, 0.2) is 85.1 Å². The SMILES string of the molecule is Oc1ccc(C(Cc2ccccc2)(NCc2ccc(F)c(C(F)(F)F)c2)c2cc(F)cc(C(F)(F)F)c2)nc1. The monoisotopic (exact) mass is 552 g/mol. The maximum Gasteiger partial charge on any atom is 0.419 e. The van der Waals surface area contributed by atoms with Crippen molar-refractivity contribution in [1.82, 2.24) is 10.3 Å². The Bertz CT molecular complexity index is 1440. The fourth-order valence-corrected chi connectivity index (χ4v) is 4.29. The quantitative estimate of drug-likeness (QED) is 0.235. The molecule has 39 heavy (non-hydrogen) atoms. The number of pyridine rings is 1. The molecule has 0 aliphatic rings. The van der Waals surface area contributed by atoms with Crippen LogP contribution in [0.1, 0.15) is 33.5 Å². The first-order valence-electron chi connectivity index (χ1n) is 11.5. The Morgan fingerprint density at radius 2 is 1.41 bits per heavy atom. The normalized spacial score (nSPS) is 13.7. The molecular weight excluding hydrogens is 532 g/mol. The standard InChI is InChI=1S/C28H20F8N2O/c29-21-12-19(11-20(13-21)27(31,32)33)26(14-17-4-2-1-3-5-17,25-9-7-22(39)16-37-25)38-15-18-6-8-24(30)23(10-18)28(34,35)36/h1-13,16,38-39H,14-15H2. The molecule has 0 aliphatic carbocycles. The van der Waals surface area contributed by atoms with Crippen molar-refractivity contribution in [3.05, 3.63) is 130 Å². The predicted octanol–water partition coefficient (Wildman–Crippen LogP) is 7.38. The van der Waals surface area contributed by atoms with Crippen molar-refractivity contribution in [3.63, 3.8) is 0 Å². The fraction of sp³-hybridized carbons (Fsp3) is 0.179. The van der Waals surface area contributed by atoms with Crippen LogP contribution in [0.3, 0.4) is 0 Å². The Morgan fingerprint density at radius 1 is 0.718 bits per heavy atom. The average Bonchev–Trinajstić information content (AvgIpc) is 2.87. The van der Waals surface area contributed by atoms with Gasteiger partial charge in [0.05, 0.1) is 28.6 Å². The maximum atomic E-state index is 14.6. The molecule has 2 N–H and O–H groups in total. The zero-order chi connectivity index (χ0) is 28.4. The summed E-state index contributed by atoms with van der Waals surface area (Å²) in [6, 6.07) is 15.2. The number of nitrogens with zero attached hydrogens (tertiary/aromatic N) is 1. The molecule has 0 bridgehead atoms. The van der Waals surface area contributed by atoms with E-state index in [1.165, 1.54) is 12.1 Å². The van der Waals surface area contributed by atoms with Crippen LogP contribution in [0.4, 0.5) is 35.1 Å². The molecule has 4 aromatic rings. The third-order valence-electron chi connectivity index (χ3n) is 6.15. The van der Waals surface area contributed by atoms with Crippen LogP contribution in [-0.4, -0.2) is 10.1 Å². The number of hydrogen-bond acceptors (Lipinski definition) is 3. The summed E-state index contributed by atoms with van der Waals surface area (Å²) in [5, 5.41) is 12.8. The van der Waals surface area contributed by atoms with E-state index in [1.807, 2.05) is 0 Å². The Labute approximate surface area is 217 Å². The summed E-state index contributed by atoms with van der Waals surface area (Å²) in [5.41, 5.74) is -4.14. The number of aromatic nitrogens is 1. The summed E-state index contributed by atoms with van der Waals surface area (Å²) >= 11 is 0. The van der Waals surface area contributed by atoms with Gasteiger partial charge in [0.25, 0.3) is 0 Å². The van der Waals surface area contributed by atoms with E-state index < -0.39 is 47.2 Å². The number of hydrogen-bond donors (Lipinski definition) is 2. The molecule has 1 aromatic heterocycles. The molecule has 204 valence electrons. The molecular formula is C28H20F8N2O. The van der Waals surface area contributed by atoms with Crippen molar-refractivity contribution in [2.75, 3.05) is 0 Å². The first kappa shape index (κ1) is 28.0. The summed E-state index contributed by atoms with van der Waals surface area (Å²) in [6.45, 7) is -0.392. The molecule has 1 unspecified atom stereocenters. The number of nitrogens with one attached hydrogen (secondary N) is 1. The Hall–Kier alpha value is -3.99. The van der Waals surface area contributed by atoms with Gasteiger partial charge in [-0.25, -0.2) is 8.78 Å². The molecule has 0 saturated carbocycles. The van der Waals surface area contributed by atoms with Crippen molar-refractivity contribution in [3.8, 4) is 5.75 Å². The summed E-state index contributed by atoms with van der Waals surface area (Å²) in [7, 11) is 0. The highest BCUT2D eigenvalue weighted by Crippen LogP contribution is 2.38. The molecule has 3 nitrogen and oxygen atoms in total. The predicted molar refractivity (Wildman–Crippen MR) is 126 cm³/mol. The van der Waals surface area contributed by atoms with Gasteiger partial charge in [0, 0.05) is 13.0 Å². The number of alkyl halides is 6. The third kappa shape index (κ3) is 6.36. The van der Waals surface area contributed by atoms with Gasteiger partial charge in [-0.15, -0.1) is 0 Å². The molecule has 0 saturated heterocycles. The summed E-state index contributed by atoms with van der Waals surface area (Å²) in [5.74, 6) is -2.93. The topological polar surface area (TPSA) is 45.1 Å². The van der Waals surface area contributed by atoms with Crippen molar-refractivity contribution >= 4 is 0 Å². The lowest BCUT2D eigenvalue weighted by Crippen LogP contribution is -2.46. The lowest BCUT2D eigenvalue weighted by molar-refractivity contribution is -0.140. The molecule has 1 atom stereocenters. The summed E-state index contributed by atoms with van der Waals surface area (Å²) < 4.78 is 110. The average molecular weight is 552 g/mol. The van der Waals surface area contributed by atoms with E-state index in [0.717, 1.165) is 24.4 Å². The van der Waals surface area contributed by atoms with Gasteiger partial charge in [-0.1, -0.05) is 36.4 Å². The largest absolute Gasteiger partial charge is 0.506 e. The van der Waals surface area contributed by atoms with Gasteiger partial charge in [-0.05, 0) is 59.2 Å². The van der Waals surface area contributed by atoms with Gasteiger partial charge in [0.15, 0.2) is 0 Å². The van der Waals surface area contributed by atoms with Gasteiger partial charge < -0.3 is 5.11 Å². The van der Waals surface area contributed by atoms with E-state index in [-0.39, 0.29) is 29.0 Å². The highest BCUT2D eigenvalue weighted by Gasteiger charge is 2.40. The van der Waals surface area contributed by atoms with Crippen LogP contribution in [0, 0.1) is 11.6 Å². The third-order valence-corrected chi connectivity index (χ3v) is 6.15. The fourth-order valence-electron chi connectivity index (χ4n) is 4.29. The van der Waals surface area contributed by atoms with Crippen LogP contribution in [-0.2, 0) is 30.9 Å². The van der Waals surface area contributed by atoms with E-state index in [0.29, 0.717) is 23.8 Å². The zero-order valence-corrected chi connectivity index (χ0v) is 19.9. The summed E-state index contributed by atoms with van der Waals surface area (Å²) in [4.78, 5) is 4.17. The van der Waals surface area contributed by atoms with Gasteiger partial charge in [-0.2, -0.15) is 26.3 Å².